The van der Waals surface area contributed by atoms with E-state index < -0.39 is 0 Å². The van der Waals surface area contributed by atoms with Crippen molar-refractivity contribution in [2.75, 3.05) is 7.11 Å². The molecule has 1 heterocycles. The van der Waals surface area contributed by atoms with E-state index in [0.717, 1.165) is 13.0 Å². The van der Waals surface area contributed by atoms with Crippen LogP contribution in [0.15, 0.2) is 17.5 Å². The van der Waals surface area contributed by atoms with Crippen molar-refractivity contribution in [3.05, 3.63) is 22.4 Å². The summed E-state index contributed by atoms with van der Waals surface area (Å²) in [6.07, 6.45) is 1.02. The first-order chi connectivity index (χ1) is 7.03. The van der Waals surface area contributed by atoms with Crippen molar-refractivity contribution in [1.29, 1.82) is 0 Å². The van der Waals surface area contributed by atoms with Gasteiger partial charge in [-0.3, -0.25) is 0 Å². The Balaban J connectivity index is 2.27. The molecular weight excluding hydrogens is 206 g/mol. The molecule has 1 atom stereocenters. The SMILES string of the molecule is COC(C)(C)C[C@H](C)NCc1cccs1. The molecule has 0 radical (unpaired) electrons. The van der Waals surface area contributed by atoms with Gasteiger partial charge in [-0.15, -0.1) is 11.3 Å². The lowest BCUT2D eigenvalue weighted by Crippen LogP contribution is -2.35. The standard InChI is InChI=1S/C12H21NOS/c1-10(8-12(2,3)14-4)13-9-11-6-5-7-15-11/h5-7,10,13H,8-9H2,1-4H3/t10-/m0/s1. The first-order valence-corrected chi connectivity index (χ1v) is 6.22. The smallest absolute Gasteiger partial charge is 0.0637 e. The molecule has 0 unspecified atom stereocenters. The molecule has 0 saturated heterocycles. The van der Waals surface area contributed by atoms with E-state index in [1.807, 2.05) is 0 Å². The molecule has 0 bridgehead atoms. The van der Waals surface area contributed by atoms with Gasteiger partial charge in [-0.1, -0.05) is 6.07 Å². The molecule has 0 spiro atoms. The number of methoxy groups -OCH3 is 1. The van der Waals surface area contributed by atoms with Gasteiger partial charge in [0, 0.05) is 24.6 Å². The highest BCUT2D eigenvalue weighted by atomic mass is 32.1. The molecule has 3 heteroatoms. The quantitative estimate of drug-likeness (QED) is 0.806. The Labute approximate surface area is 96.7 Å². The molecule has 0 aromatic carbocycles. The second kappa shape index (κ2) is 5.64. The molecule has 0 saturated carbocycles. The normalized spacial score (nSPS) is 14.1. The monoisotopic (exact) mass is 227 g/mol. The van der Waals surface area contributed by atoms with Crippen molar-refractivity contribution in [3.63, 3.8) is 0 Å². The molecule has 0 fully saturated rings. The molecule has 86 valence electrons. The summed E-state index contributed by atoms with van der Waals surface area (Å²) in [7, 11) is 1.77. The maximum Gasteiger partial charge on any atom is 0.0637 e. The van der Waals surface area contributed by atoms with Crippen LogP contribution in [0.5, 0.6) is 0 Å². The Bertz CT molecular complexity index is 269. The van der Waals surface area contributed by atoms with Crippen LogP contribution < -0.4 is 5.32 Å². The Morgan fingerprint density at radius 1 is 1.53 bits per heavy atom. The minimum absolute atomic E-state index is 0.0398. The summed E-state index contributed by atoms with van der Waals surface area (Å²) in [4.78, 5) is 1.39. The van der Waals surface area contributed by atoms with Gasteiger partial charge in [0.05, 0.1) is 5.60 Å². The predicted octanol–water partition coefficient (Wildman–Crippen LogP) is 3.04. The van der Waals surface area contributed by atoms with E-state index in [4.69, 9.17) is 4.74 Å². The van der Waals surface area contributed by atoms with Crippen molar-refractivity contribution in [2.24, 2.45) is 0 Å². The molecule has 1 aromatic heterocycles. The second-order valence-corrected chi connectivity index (χ2v) is 5.56. The topological polar surface area (TPSA) is 21.3 Å². The van der Waals surface area contributed by atoms with Gasteiger partial charge in [0.25, 0.3) is 0 Å². The lowest BCUT2D eigenvalue weighted by atomic mass is 10.00. The zero-order chi connectivity index (χ0) is 11.3. The lowest BCUT2D eigenvalue weighted by Gasteiger charge is -2.27. The molecule has 2 nitrogen and oxygen atoms in total. The zero-order valence-corrected chi connectivity index (χ0v) is 10.9. The number of hydrogen-bond donors (Lipinski definition) is 1. The first kappa shape index (κ1) is 12.7. The summed E-state index contributed by atoms with van der Waals surface area (Å²) < 4.78 is 5.41. The van der Waals surface area contributed by atoms with Crippen LogP contribution >= 0.6 is 11.3 Å². The summed E-state index contributed by atoms with van der Waals surface area (Å²) in [5.41, 5.74) is -0.0398. The van der Waals surface area contributed by atoms with E-state index in [-0.39, 0.29) is 5.60 Å². The molecule has 1 rings (SSSR count). The largest absolute Gasteiger partial charge is 0.379 e. The Morgan fingerprint density at radius 2 is 2.27 bits per heavy atom. The predicted molar refractivity (Wildman–Crippen MR) is 66.3 cm³/mol. The van der Waals surface area contributed by atoms with Crippen molar-refractivity contribution >= 4 is 11.3 Å². The maximum absolute atomic E-state index is 5.41. The third-order valence-electron chi connectivity index (χ3n) is 2.56. The first-order valence-electron chi connectivity index (χ1n) is 5.34. The molecule has 0 aliphatic rings. The fraction of sp³-hybridized carbons (Fsp3) is 0.667. The van der Waals surface area contributed by atoms with E-state index in [1.54, 1.807) is 18.4 Å². The number of hydrogen-bond acceptors (Lipinski definition) is 3. The fourth-order valence-electron chi connectivity index (χ4n) is 1.58. The number of nitrogens with one attached hydrogen (secondary N) is 1. The average Bonchev–Trinajstić information content (AvgIpc) is 2.66. The van der Waals surface area contributed by atoms with Crippen LogP contribution in [0.3, 0.4) is 0 Å². The van der Waals surface area contributed by atoms with Gasteiger partial charge >= 0.3 is 0 Å². The van der Waals surface area contributed by atoms with E-state index >= 15 is 0 Å². The summed E-state index contributed by atoms with van der Waals surface area (Å²) in [6, 6.07) is 4.72. The second-order valence-electron chi connectivity index (χ2n) is 4.53. The van der Waals surface area contributed by atoms with E-state index in [9.17, 15) is 0 Å². The molecular formula is C12H21NOS. The Kier molecular flexibility index (Phi) is 4.77. The maximum atomic E-state index is 5.41. The number of ether oxygens (including phenoxy) is 1. The van der Waals surface area contributed by atoms with E-state index in [1.165, 1.54) is 4.88 Å². The van der Waals surface area contributed by atoms with Crippen molar-refractivity contribution in [3.8, 4) is 0 Å². The van der Waals surface area contributed by atoms with E-state index in [2.05, 4.69) is 43.6 Å². The molecule has 0 amide bonds. The van der Waals surface area contributed by atoms with Crippen molar-refractivity contribution in [1.82, 2.24) is 5.32 Å². The fourth-order valence-corrected chi connectivity index (χ4v) is 2.24. The third-order valence-corrected chi connectivity index (χ3v) is 3.43. The van der Waals surface area contributed by atoms with Crippen LogP contribution in [-0.2, 0) is 11.3 Å². The van der Waals surface area contributed by atoms with Gasteiger partial charge in [-0.05, 0) is 38.6 Å². The van der Waals surface area contributed by atoms with Crippen LogP contribution in [0, 0.1) is 0 Å². The van der Waals surface area contributed by atoms with E-state index in [0.29, 0.717) is 6.04 Å². The highest BCUT2D eigenvalue weighted by molar-refractivity contribution is 7.09. The van der Waals surface area contributed by atoms with Gasteiger partial charge in [0.2, 0.25) is 0 Å². The minimum Gasteiger partial charge on any atom is -0.379 e. The van der Waals surface area contributed by atoms with Gasteiger partial charge in [-0.2, -0.15) is 0 Å². The van der Waals surface area contributed by atoms with Crippen LogP contribution in [0.1, 0.15) is 32.1 Å². The van der Waals surface area contributed by atoms with Gasteiger partial charge in [0.1, 0.15) is 0 Å². The van der Waals surface area contributed by atoms with Crippen LogP contribution in [0.2, 0.25) is 0 Å². The van der Waals surface area contributed by atoms with Crippen molar-refractivity contribution in [2.45, 2.75) is 45.4 Å². The van der Waals surface area contributed by atoms with Gasteiger partial charge in [0.15, 0.2) is 0 Å². The third kappa shape index (κ3) is 4.78. The van der Waals surface area contributed by atoms with Crippen molar-refractivity contribution < 1.29 is 4.74 Å². The molecule has 15 heavy (non-hydrogen) atoms. The zero-order valence-electron chi connectivity index (χ0n) is 10.0. The van der Waals surface area contributed by atoms with Crippen LogP contribution in [0.4, 0.5) is 0 Å². The minimum atomic E-state index is -0.0398. The summed E-state index contributed by atoms with van der Waals surface area (Å²) in [5.74, 6) is 0. The molecule has 0 aliphatic heterocycles. The Morgan fingerprint density at radius 3 is 2.80 bits per heavy atom. The highest BCUT2D eigenvalue weighted by Crippen LogP contribution is 2.16. The summed E-state index contributed by atoms with van der Waals surface area (Å²) >= 11 is 1.79. The van der Waals surface area contributed by atoms with Crippen LogP contribution in [0.25, 0.3) is 0 Å². The van der Waals surface area contributed by atoms with Crippen LogP contribution in [-0.4, -0.2) is 18.8 Å². The lowest BCUT2D eigenvalue weighted by molar-refractivity contribution is 0.00847. The van der Waals surface area contributed by atoms with Gasteiger partial charge < -0.3 is 10.1 Å². The molecule has 0 aliphatic carbocycles. The Hall–Kier alpha value is -0.380. The average molecular weight is 227 g/mol. The molecule has 1 aromatic rings. The number of thiophene rings is 1. The molecule has 1 N–H and O–H groups in total. The summed E-state index contributed by atoms with van der Waals surface area (Å²) in [5, 5.41) is 5.62. The number of rotatable bonds is 6. The summed E-state index contributed by atoms with van der Waals surface area (Å²) in [6.45, 7) is 7.40. The van der Waals surface area contributed by atoms with Gasteiger partial charge in [-0.25, -0.2) is 0 Å². The highest BCUT2D eigenvalue weighted by Gasteiger charge is 2.19.